The summed E-state index contributed by atoms with van der Waals surface area (Å²) in [5.41, 5.74) is 9.40. The lowest BCUT2D eigenvalue weighted by Crippen LogP contribution is -2.39. The molecule has 0 aromatic heterocycles. The molecule has 1 aliphatic rings. The first-order valence-corrected chi connectivity index (χ1v) is 6.25. The van der Waals surface area contributed by atoms with Gasteiger partial charge in [-0.05, 0) is 55.9 Å². The minimum atomic E-state index is 0.431. The number of nitrogens with two attached hydrogens (primary N) is 1. The molecule has 1 aliphatic carbocycles. The van der Waals surface area contributed by atoms with Gasteiger partial charge in [0, 0.05) is 18.3 Å². The van der Waals surface area contributed by atoms with Crippen LogP contribution in [0.5, 0.6) is 5.75 Å². The Morgan fingerprint density at radius 3 is 2.59 bits per heavy atom. The van der Waals surface area contributed by atoms with Gasteiger partial charge in [-0.2, -0.15) is 0 Å². The van der Waals surface area contributed by atoms with Crippen molar-refractivity contribution in [2.45, 2.75) is 32.7 Å². The molecule has 1 aromatic carbocycles. The van der Waals surface area contributed by atoms with Gasteiger partial charge in [0.25, 0.3) is 0 Å². The molecule has 0 atom stereocenters. The van der Waals surface area contributed by atoms with Gasteiger partial charge in [-0.15, -0.1) is 0 Å². The monoisotopic (exact) mass is 234 g/mol. The van der Waals surface area contributed by atoms with Crippen LogP contribution in [0.3, 0.4) is 0 Å². The molecule has 3 N–H and O–H groups in total. The Bertz CT molecular complexity index is 397. The van der Waals surface area contributed by atoms with Crippen LogP contribution in [-0.4, -0.2) is 19.7 Å². The molecule has 2 rings (SSSR count). The molecular weight excluding hydrogens is 212 g/mol. The highest BCUT2D eigenvalue weighted by Gasteiger charge is 2.25. The molecule has 1 fully saturated rings. The Kier molecular flexibility index (Phi) is 3.57. The molecule has 0 unspecified atom stereocenters. The highest BCUT2D eigenvalue weighted by atomic mass is 16.5. The molecule has 1 saturated carbocycles. The predicted molar refractivity (Wildman–Crippen MR) is 71.7 cm³/mol. The normalized spacial score (nSPS) is 23.1. The number of benzene rings is 1. The van der Waals surface area contributed by atoms with E-state index in [1.54, 1.807) is 7.11 Å². The molecule has 0 bridgehead atoms. The zero-order chi connectivity index (χ0) is 12.4. The third kappa shape index (κ3) is 2.72. The number of hydrogen-bond donors (Lipinski definition) is 2. The van der Waals surface area contributed by atoms with E-state index >= 15 is 0 Å². The average Bonchev–Trinajstić information content (AvgIpc) is 2.26. The first-order valence-electron chi connectivity index (χ1n) is 6.25. The van der Waals surface area contributed by atoms with Crippen LogP contribution in [0, 0.1) is 19.8 Å². The molecule has 0 saturated heterocycles. The van der Waals surface area contributed by atoms with Crippen LogP contribution in [0.25, 0.3) is 0 Å². The Balaban J connectivity index is 1.98. The first-order chi connectivity index (χ1) is 8.10. The summed E-state index contributed by atoms with van der Waals surface area (Å²) in [4.78, 5) is 0. The Morgan fingerprint density at radius 1 is 1.29 bits per heavy atom. The molecule has 17 heavy (non-hydrogen) atoms. The fourth-order valence-corrected chi connectivity index (χ4v) is 2.41. The van der Waals surface area contributed by atoms with Crippen LogP contribution >= 0.6 is 0 Å². The van der Waals surface area contributed by atoms with Crippen molar-refractivity contribution in [3.05, 3.63) is 23.3 Å². The second-order valence-electron chi connectivity index (χ2n) is 5.12. The molecule has 1 aromatic rings. The standard InChI is InChI=1S/C14H22N2O/c1-9-5-14(17-3)10(2)4-13(9)16-8-11-6-12(15)7-11/h4-5,11-12,16H,6-8,15H2,1-3H3. The maximum Gasteiger partial charge on any atom is 0.122 e. The largest absolute Gasteiger partial charge is 0.496 e. The van der Waals surface area contributed by atoms with E-state index in [1.165, 1.54) is 16.8 Å². The van der Waals surface area contributed by atoms with Crippen molar-refractivity contribution in [2.24, 2.45) is 11.7 Å². The van der Waals surface area contributed by atoms with Gasteiger partial charge in [-0.1, -0.05) is 0 Å². The van der Waals surface area contributed by atoms with Crippen molar-refractivity contribution in [2.75, 3.05) is 19.0 Å². The van der Waals surface area contributed by atoms with Crippen LogP contribution in [0.4, 0.5) is 5.69 Å². The van der Waals surface area contributed by atoms with E-state index < -0.39 is 0 Å². The Hall–Kier alpha value is -1.22. The summed E-state index contributed by atoms with van der Waals surface area (Å²) in [6.45, 7) is 5.21. The van der Waals surface area contributed by atoms with Crippen molar-refractivity contribution >= 4 is 5.69 Å². The van der Waals surface area contributed by atoms with Gasteiger partial charge in [0.05, 0.1) is 7.11 Å². The SMILES string of the molecule is COc1cc(C)c(NCC2CC(N)C2)cc1C. The van der Waals surface area contributed by atoms with E-state index in [-0.39, 0.29) is 0 Å². The van der Waals surface area contributed by atoms with Gasteiger partial charge in [-0.3, -0.25) is 0 Å². The fourth-order valence-electron chi connectivity index (χ4n) is 2.41. The van der Waals surface area contributed by atoms with Crippen molar-refractivity contribution in [1.29, 1.82) is 0 Å². The van der Waals surface area contributed by atoms with Crippen molar-refractivity contribution in [1.82, 2.24) is 0 Å². The number of nitrogens with one attached hydrogen (secondary N) is 1. The number of methoxy groups -OCH3 is 1. The molecule has 0 heterocycles. The number of rotatable bonds is 4. The summed E-state index contributed by atoms with van der Waals surface area (Å²) >= 11 is 0. The van der Waals surface area contributed by atoms with Gasteiger partial charge in [0.15, 0.2) is 0 Å². The van der Waals surface area contributed by atoms with E-state index in [0.717, 1.165) is 31.1 Å². The van der Waals surface area contributed by atoms with Crippen molar-refractivity contribution in [3.63, 3.8) is 0 Å². The van der Waals surface area contributed by atoms with Gasteiger partial charge in [-0.25, -0.2) is 0 Å². The van der Waals surface area contributed by atoms with E-state index in [0.29, 0.717) is 6.04 Å². The molecule has 0 amide bonds. The molecule has 3 nitrogen and oxygen atoms in total. The average molecular weight is 234 g/mol. The third-order valence-electron chi connectivity index (χ3n) is 3.60. The highest BCUT2D eigenvalue weighted by Crippen LogP contribution is 2.29. The summed E-state index contributed by atoms with van der Waals surface area (Å²) < 4.78 is 5.31. The summed E-state index contributed by atoms with van der Waals surface area (Å²) in [5.74, 6) is 1.70. The maximum absolute atomic E-state index is 5.79. The van der Waals surface area contributed by atoms with Gasteiger partial charge in [0.1, 0.15) is 5.75 Å². The zero-order valence-electron chi connectivity index (χ0n) is 10.9. The van der Waals surface area contributed by atoms with Crippen LogP contribution in [0.15, 0.2) is 12.1 Å². The third-order valence-corrected chi connectivity index (χ3v) is 3.60. The molecule has 3 heteroatoms. The van der Waals surface area contributed by atoms with Crippen LogP contribution in [0.2, 0.25) is 0 Å². The molecule has 0 radical (unpaired) electrons. The van der Waals surface area contributed by atoms with Crippen molar-refractivity contribution in [3.8, 4) is 5.75 Å². The number of anilines is 1. The first kappa shape index (κ1) is 12.2. The Labute approximate surface area is 103 Å². The van der Waals surface area contributed by atoms with Crippen LogP contribution in [-0.2, 0) is 0 Å². The van der Waals surface area contributed by atoms with Gasteiger partial charge < -0.3 is 15.8 Å². The Morgan fingerprint density at radius 2 is 2.00 bits per heavy atom. The lowest BCUT2D eigenvalue weighted by Gasteiger charge is -2.33. The minimum Gasteiger partial charge on any atom is -0.496 e. The minimum absolute atomic E-state index is 0.431. The smallest absolute Gasteiger partial charge is 0.122 e. The van der Waals surface area contributed by atoms with Crippen LogP contribution < -0.4 is 15.8 Å². The van der Waals surface area contributed by atoms with Gasteiger partial charge in [0.2, 0.25) is 0 Å². The molecule has 0 aliphatic heterocycles. The number of hydrogen-bond acceptors (Lipinski definition) is 3. The molecule has 94 valence electrons. The number of ether oxygens (including phenoxy) is 1. The zero-order valence-corrected chi connectivity index (χ0v) is 10.9. The molecule has 0 spiro atoms. The van der Waals surface area contributed by atoms with E-state index in [1.807, 2.05) is 0 Å². The van der Waals surface area contributed by atoms with Gasteiger partial charge >= 0.3 is 0 Å². The summed E-state index contributed by atoms with van der Waals surface area (Å²) in [5, 5.41) is 3.52. The van der Waals surface area contributed by atoms with E-state index in [9.17, 15) is 0 Å². The number of aryl methyl sites for hydroxylation is 2. The lowest BCUT2D eigenvalue weighted by molar-refractivity contribution is 0.280. The fraction of sp³-hybridized carbons (Fsp3) is 0.571. The second kappa shape index (κ2) is 4.96. The summed E-state index contributed by atoms with van der Waals surface area (Å²) in [7, 11) is 1.71. The van der Waals surface area contributed by atoms with Crippen LogP contribution in [0.1, 0.15) is 24.0 Å². The lowest BCUT2D eigenvalue weighted by atomic mass is 9.81. The highest BCUT2D eigenvalue weighted by molar-refractivity contribution is 5.57. The maximum atomic E-state index is 5.79. The molecular formula is C14H22N2O. The second-order valence-corrected chi connectivity index (χ2v) is 5.12. The van der Waals surface area contributed by atoms with E-state index in [4.69, 9.17) is 10.5 Å². The van der Waals surface area contributed by atoms with Crippen molar-refractivity contribution < 1.29 is 4.74 Å². The summed E-state index contributed by atoms with van der Waals surface area (Å²) in [6, 6.07) is 4.68. The predicted octanol–water partition coefficient (Wildman–Crippen LogP) is 2.46. The van der Waals surface area contributed by atoms with E-state index in [2.05, 4.69) is 31.3 Å². The quantitative estimate of drug-likeness (QED) is 0.841. The summed E-state index contributed by atoms with van der Waals surface area (Å²) in [6.07, 6.45) is 2.31. The topological polar surface area (TPSA) is 47.3 Å².